The molecule has 1 fully saturated rings. The highest BCUT2D eigenvalue weighted by molar-refractivity contribution is 6.56. The van der Waals surface area contributed by atoms with E-state index in [2.05, 4.69) is 65.1 Å². The summed E-state index contributed by atoms with van der Waals surface area (Å²) in [7, 11) is 1.55. The molecule has 0 saturated carbocycles. The molecule has 1 heterocycles. The largest absolute Gasteiger partial charge is 0.491 e. The van der Waals surface area contributed by atoms with Gasteiger partial charge < -0.3 is 20.4 Å². The Hall–Kier alpha value is -1.30. The summed E-state index contributed by atoms with van der Waals surface area (Å²) in [4.78, 5) is 0. The first-order valence-corrected chi connectivity index (χ1v) is 8.67. The van der Waals surface area contributed by atoms with Crippen molar-refractivity contribution in [1.82, 2.24) is 5.32 Å². The Balaban J connectivity index is 2.38. The van der Waals surface area contributed by atoms with Crippen LogP contribution in [0.2, 0.25) is 0 Å². The molecule has 1 aromatic rings. The van der Waals surface area contributed by atoms with E-state index in [4.69, 9.17) is 15.0 Å². The van der Waals surface area contributed by atoms with Crippen molar-refractivity contribution in [1.29, 1.82) is 0 Å². The van der Waals surface area contributed by atoms with Crippen LogP contribution in [0.3, 0.4) is 0 Å². The lowest BCUT2D eigenvalue weighted by molar-refractivity contribution is 0.00578. The molecule has 1 saturated heterocycles. The molecule has 3 N–H and O–H groups in total. The smallest absolute Gasteiger partial charge is 0.400 e. The van der Waals surface area contributed by atoms with E-state index in [-0.39, 0.29) is 18.3 Å². The first-order valence-electron chi connectivity index (χ1n) is 8.67. The van der Waals surface area contributed by atoms with Crippen LogP contribution in [0.4, 0.5) is 5.69 Å². The molecule has 0 bridgehead atoms. The predicted octanol–water partition coefficient (Wildman–Crippen LogP) is 3.63. The van der Waals surface area contributed by atoms with E-state index in [1.165, 1.54) is 5.56 Å². The zero-order valence-corrected chi connectivity index (χ0v) is 16.1. The van der Waals surface area contributed by atoms with Crippen LogP contribution >= 0.6 is 0 Å². The van der Waals surface area contributed by atoms with Gasteiger partial charge in [-0.25, -0.2) is 0 Å². The molecule has 5 heteroatoms. The van der Waals surface area contributed by atoms with E-state index < -0.39 is 0 Å². The number of nitrogen functional groups attached to an aromatic ring is 1. The van der Waals surface area contributed by atoms with Gasteiger partial charge in [0.25, 0.3) is 0 Å². The third-order valence-electron chi connectivity index (χ3n) is 5.06. The molecule has 1 aliphatic rings. The number of anilines is 1. The molecule has 4 nitrogen and oxygen atoms in total. The molecule has 0 amide bonds. The van der Waals surface area contributed by atoms with E-state index in [1.807, 2.05) is 13.1 Å². The van der Waals surface area contributed by atoms with Gasteiger partial charge in [0, 0.05) is 12.2 Å². The molecule has 2 rings (SSSR count). The van der Waals surface area contributed by atoms with Gasteiger partial charge in [-0.1, -0.05) is 26.0 Å². The zero-order chi connectivity index (χ0) is 18.1. The fourth-order valence-corrected chi connectivity index (χ4v) is 2.68. The van der Waals surface area contributed by atoms with Gasteiger partial charge in [0.05, 0.1) is 11.2 Å². The van der Waals surface area contributed by atoms with Crippen LogP contribution in [-0.4, -0.2) is 31.9 Å². The van der Waals surface area contributed by atoms with Crippen molar-refractivity contribution in [3.63, 3.8) is 0 Å². The van der Waals surface area contributed by atoms with Crippen molar-refractivity contribution < 1.29 is 9.31 Å². The Morgan fingerprint density at radius 2 is 1.79 bits per heavy atom. The molecule has 0 radical (unpaired) electrons. The van der Waals surface area contributed by atoms with Crippen LogP contribution in [0.15, 0.2) is 23.7 Å². The first kappa shape index (κ1) is 19.0. The second-order valence-electron chi connectivity index (χ2n) is 7.88. The summed E-state index contributed by atoms with van der Waals surface area (Å²) >= 11 is 0. The third-order valence-corrected chi connectivity index (χ3v) is 5.06. The number of benzene rings is 1. The van der Waals surface area contributed by atoms with Crippen molar-refractivity contribution in [3.8, 4) is 0 Å². The second kappa shape index (κ2) is 6.91. The minimum Gasteiger partial charge on any atom is -0.400 e. The van der Waals surface area contributed by atoms with Crippen molar-refractivity contribution in [2.24, 2.45) is 0 Å². The maximum Gasteiger partial charge on any atom is 0.491 e. The fraction of sp³-hybridized carbons (Fsp3) is 0.579. The van der Waals surface area contributed by atoms with Crippen LogP contribution < -0.4 is 11.1 Å². The topological polar surface area (TPSA) is 56.5 Å². The normalized spacial score (nSPS) is 20.0. The molecule has 0 spiro atoms. The molecule has 24 heavy (non-hydrogen) atoms. The Kier molecular flexibility index (Phi) is 5.48. The van der Waals surface area contributed by atoms with E-state index in [0.717, 1.165) is 16.7 Å². The molecular weight excluding hydrogens is 299 g/mol. The monoisotopic (exact) mass is 330 g/mol. The predicted molar refractivity (Wildman–Crippen MR) is 103 cm³/mol. The number of hydrogen-bond donors (Lipinski definition) is 2. The Morgan fingerprint density at radius 3 is 2.29 bits per heavy atom. The van der Waals surface area contributed by atoms with E-state index in [9.17, 15) is 0 Å². The number of hydrogen-bond acceptors (Lipinski definition) is 4. The lowest BCUT2D eigenvalue weighted by Gasteiger charge is -2.32. The number of nitrogens with one attached hydrogen (secondary N) is 1. The number of likely N-dealkylation sites (N-methyl/N-ethyl adjacent to an activating group) is 1. The second-order valence-corrected chi connectivity index (χ2v) is 7.88. The van der Waals surface area contributed by atoms with Gasteiger partial charge in [-0.15, -0.1) is 0 Å². The van der Waals surface area contributed by atoms with E-state index >= 15 is 0 Å². The zero-order valence-electron chi connectivity index (χ0n) is 16.1. The summed E-state index contributed by atoms with van der Waals surface area (Å²) in [5, 5.41) is 3.21. The summed E-state index contributed by atoms with van der Waals surface area (Å²) in [5.74, 6) is 0.461. The van der Waals surface area contributed by atoms with Gasteiger partial charge in [-0.2, -0.15) is 0 Å². The SMILES string of the molecule is CNCC(=Cc1cc(C(C)C)ccc1N)B1OC(C)(C)C(C)(C)O1. The Labute approximate surface area is 146 Å². The van der Waals surface area contributed by atoms with Gasteiger partial charge in [-0.05, 0) is 69.4 Å². The standard InChI is InChI=1S/C19H31BN2O2/c1-13(2)14-8-9-17(21)15(10-14)11-16(12-22-7)20-23-18(3,4)19(5,6)24-20/h8-11,13,22H,12,21H2,1-7H3. The average Bonchev–Trinajstić information content (AvgIpc) is 2.68. The van der Waals surface area contributed by atoms with Crippen LogP contribution in [-0.2, 0) is 9.31 Å². The highest BCUT2D eigenvalue weighted by Gasteiger charge is 2.52. The van der Waals surface area contributed by atoms with Gasteiger partial charge in [0.15, 0.2) is 0 Å². The Morgan fingerprint density at radius 1 is 1.21 bits per heavy atom. The molecular formula is C19H31BN2O2. The highest BCUT2D eigenvalue weighted by atomic mass is 16.7. The third kappa shape index (κ3) is 3.85. The van der Waals surface area contributed by atoms with Crippen LogP contribution in [0.25, 0.3) is 6.08 Å². The van der Waals surface area contributed by atoms with Crippen molar-refractivity contribution in [3.05, 3.63) is 34.8 Å². The maximum absolute atomic E-state index is 6.20. The first-order chi connectivity index (χ1) is 11.1. The van der Waals surface area contributed by atoms with Gasteiger partial charge in [0.2, 0.25) is 0 Å². The summed E-state index contributed by atoms with van der Waals surface area (Å²) in [6.07, 6.45) is 2.10. The average molecular weight is 330 g/mol. The molecule has 0 aliphatic carbocycles. The molecule has 0 atom stereocenters. The fourth-order valence-electron chi connectivity index (χ4n) is 2.68. The maximum atomic E-state index is 6.20. The van der Waals surface area contributed by atoms with Crippen LogP contribution in [0, 0.1) is 0 Å². The number of nitrogens with two attached hydrogens (primary N) is 1. The van der Waals surface area contributed by atoms with Crippen LogP contribution in [0.1, 0.15) is 58.6 Å². The molecule has 0 unspecified atom stereocenters. The van der Waals surface area contributed by atoms with Gasteiger partial charge in [-0.3, -0.25) is 0 Å². The van der Waals surface area contributed by atoms with Gasteiger partial charge in [0.1, 0.15) is 0 Å². The quantitative estimate of drug-likeness (QED) is 0.639. The van der Waals surface area contributed by atoms with Crippen molar-refractivity contribution >= 4 is 18.9 Å². The summed E-state index contributed by atoms with van der Waals surface area (Å²) in [6, 6.07) is 6.22. The lowest BCUT2D eigenvalue weighted by atomic mass is 9.76. The van der Waals surface area contributed by atoms with E-state index in [1.54, 1.807) is 0 Å². The van der Waals surface area contributed by atoms with Crippen molar-refractivity contribution in [2.75, 3.05) is 19.3 Å². The summed E-state index contributed by atoms with van der Waals surface area (Å²) in [6.45, 7) is 13.3. The van der Waals surface area contributed by atoms with Crippen molar-refractivity contribution in [2.45, 2.75) is 58.7 Å². The van der Waals surface area contributed by atoms with Crippen LogP contribution in [0.5, 0.6) is 0 Å². The minimum atomic E-state index is -0.371. The van der Waals surface area contributed by atoms with Gasteiger partial charge >= 0.3 is 7.12 Å². The highest BCUT2D eigenvalue weighted by Crippen LogP contribution is 2.39. The summed E-state index contributed by atoms with van der Waals surface area (Å²) < 4.78 is 12.4. The summed E-state index contributed by atoms with van der Waals surface area (Å²) in [5.41, 5.74) is 9.59. The number of rotatable bonds is 5. The molecule has 132 valence electrons. The van der Waals surface area contributed by atoms with E-state index in [0.29, 0.717) is 12.5 Å². The molecule has 0 aromatic heterocycles. The lowest BCUT2D eigenvalue weighted by Crippen LogP contribution is -2.41. The Bertz CT molecular complexity index is 608. The molecule has 1 aliphatic heterocycles. The molecule has 1 aromatic carbocycles. The minimum absolute atomic E-state index is 0.351.